The van der Waals surface area contributed by atoms with Crippen molar-refractivity contribution in [3.63, 3.8) is 0 Å². The fourth-order valence-corrected chi connectivity index (χ4v) is 2.69. The van der Waals surface area contributed by atoms with E-state index < -0.39 is 10.5 Å². The van der Waals surface area contributed by atoms with Crippen molar-refractivity contribution in [2.45, 2.75) is 6.42 Å². The summed E-state index contributed by atoms with van der Waals surface area (Å²) in [5.41, 5.74) is 0.359. The topological polar surface area (TPSA) is 112 Å². The summed E-state index contributed by atoms with van der Waals surface area (Å²) < 4.78 is 0. The Labute approximate surface area is 119 Å². The highest BCUT2D eigenvalue weighted by Crippen LogP contribution is 2.34. The molecule has 0 bridgehead atoms. The Morgan fingerprint density at radius 1 is 1.52 bits per heavy atom. The minimum atomic E-state index is -0.493. The Bertz CT molecular complexity index is 757. The number of nitrogens with zero attached hydrogens (tertiary/aromatic N) is 3. The number of rotatable bonds is 3. The van der Waals surface area contributed by atoms with Gasteiger partial charge in [-0.2, -0.15) is 0 Å². The summed E-state index contributed by atoms with van der Waals surface area (Å²) in [5, 5.41) is 20.7. The Kier molecular flexibility index (Phi) is 3.30. The molecule has 0 aliphatic carbocycles. The maximum absolute atomic E-state index is 11.7. The van der Waals surface area contributed by atoms with Crippen LogP contribution in [-0.4, -0.2) is 39.7 Å². The lowest BCUT2D eigenvalue weighted by molar-refractivity contribution is -0.384. The van der Waals surface area contributed by atoms with Crippen molar-refractivity contribution in [1.29, 1.82) is 0 Å². The van der Waals surface area contributed by atoms with Gasteiger partial charge in [-0.1, -0.05) is 0 Å². The summed E-state index contributed by atoms with van der Waals surface area (Å²) in [6.07, 6.45) is 2.06. The number of aromatic amines is 1. The van der Waals surface area contributed by atoms with Gasteiger partial charge in [-0.3, -0.25) is 14.9 Å². The summed E-state index contributed by atoms with van der Waals surface area (Å²) in [7, 11) is 0. The van der Waals surface area contributed by atoms with E-state index in [0.29, 0.717) is 24.3 Å². The quantitative estimate of drug-likeness (QED) is 0.634. The molecule has 2 aromatic rings. The fourth-order valence-electron chi connectivity index (χ4n) is 2.69. The van der Waals surface area contributed by atoms with E-state index in [-0.39, 0.29) is 23.6 Å². The van der Waals surface area contributed by atoms with Crippen LogP contribution in [0.2, 0.25) is 0 Å². The van der Waals surface area contributed by atoms with Crippen LogP contribution >= 0.6 is 0 Å². The molecule has 8 nitrogen and oxygen atoms in total. The molecule has 0 radical (unpaired) electrons. The van der Waals surface area contributed by atoms with Crippen LogP contribution in [0.4, 0.5) is 11.4 Å². The third-order valence-corrected chi connectivity index (χ3v) is 3.82. The van der Waals surface area contributed by atoms with Crippen LogP contribution in [0.15, 0.2) is 23.3 Å². The number of anilines is 1. The molecular formula is C13H14N4O4. The maximum Gasteiger partial charge on any atom is 0.293 e. The van der Waals surface area contributed by atoms with E-state index in [4.69, 9.17) is 0 Å². The number of aromatic nitrogens is 2. The molecule has 1 aromatic heterocycles. The molecule has 2 heterocycles. The van der Waals surface area contributed by atoms with Crippen molar-refractivity contribution in [3.05, 3.63) is 38.9 Å². The number of H-pyrrole nitrogens is 1. The van der Waals surface area contributed by atoms with Crippen LogP contribution in [0.25, 0.3) is 10.9 Å². The number of nitrogens with one attached hydrogen (secondary N) is 1. The molecule has 0 saturated carbocycles. The van der Waals surface area contributed by atoms with Crippen LogP contribution in [-0.2, 0) is 0 Å². The van der Waals surface area contributed by atoms with E-state index >= 15 is 0 Å². The number of aliphatic hydroxyl groups excluding tert-OH is 1. The van der Waals surface area contributed by atoms with Gasteiger partial charge in [0.25, 0.3) is 11.2 Å². The molecule has 1 aliphatic heterocycles. The highest BCUT2D eigenvalue weighted by molar-refractivity contribution is 5.87. The van der Waals surface area contributed by atoms with Gasteiger partial charge in [0.15, 0.2) is 0 Å². The van der Waals surface area contributed by atoms with Crippen LogP contribution < -0.4 is 10.5 Å². The second-order valence-corrected chi connectivity index (χ2v) is 5.13. The minimum Gasteiger partial charge on any atom is -0.396 e. The molecule has 2 N–H and O–H groups in total. The Morgan fingerprint density at radius 2 is 2.33 bits per heavy atom. The van der Waals surface area contributed by atoms with Gasteiger partial charge in [0.2, 0.25) is 0 Å². The minimum absolute atomic E-state index is 0.0653. The van der Waals surface area contributed by atoms with Crippen LogP contribution in [0.1, 0.15) is 6.42 Å². The predicted octanol–water partition coefficient (Wildman–Crippen LogP) is 0.650. The van der Waals surface area contributed by atoms with Crippen LogP contribution in [0.3, 0.4) is 0 Å². The van der Waals surface area contributed by atoms with Crippen molar-refractivity contribution >= 4 is 22.3 Å². The summed E-state index contributed by atoms with van der Waals surface area (Å²) in [5.74, 6) is 0.118. The van der Waals surface area contributed by atoms with Gasteiger partial charge in [0, 0.05) is 31.7 Å². The second-order valence-electron chi connectivity index (χ2n) is 5.13. The number of nitro benzene ring substituents is 1. The average molecular weight is 290 g/mol. The third kappa shape index (κ3) is 2.33. The number of benzene rings is 1. The molecule has 110 valence electrons. The van der Waals surface area contributed by atoms with Gasteiger partial charge in [-0.15, -0.1) is 0 Å². The zero-order valence-corrected chi connectivity index (χ0v) is 11.2. The zero-order chi connectivity index (χ0) is 15.0. The van der Waals surface area contributed by atoms with E-state index in [1.807, 2.05) is 4.90 Å². The van der Waals surface area contributed by atoms with Crippen molar-refractivity contribution in [2.75, 3.05) is 24.6 Å². The molecule has 1 fully saturated rings. The molecule has 1 unspecified atom stereocenters. The molecule has 1 aromatic carbocycles. The highest BCUT2D eigenvalue weighted by atomic mass is 16.6. The second kappa shape index (κ2) is 5.13. The summed E-state index contributed by atoms with van der Waals surface area (Å²) >= 11 is 0. The molecule has 0 spiro atoms. The number of fused-ring (bicyclic) bond motifs is 1. The highest BCUT2D eigenvalue weighted by Gasteiger charge is 2.28. The smallest absolute Gasteiger partial charge is 0.293 e. The SMILES string of the molecule is O=c1[nH]cnc2cc(N3CCC(CO)C3)c([N+](=O)[O-])cc12. The van der Waals surface area contributed by atoms with Gasteiger partial charge in [-0.05, 0) is 12.5 Å². The molecule has 21 heavy (non-hydrogen) atoms. The summed E-state index contributed by atoms with van der Waals surface area (Å²) in [6.45, 7) is 1.27. The van der Waals surface area contributed by atoms with Gasteiger partial charge in [0.05, 0.1) is 22.2 Å². The first kappa shape index (κ1) is 13.5. The molecular weight excluding hydrogens is 276 g/mol. The number of aliphatic hydroxyl groups is 1. The molecule has 1 aliphatic rings. The van der Waals surface area contributed by atoms with Gasteiger partial charge < -0.3 is 15.0 Å². The summed E-state index contributed by atoms with van der Waals surface area (Å²) in [6, 6.07) is 2.84. The molecule has 3 rings (SSSR count). The Balaban J connectivity index is 2.15. The van der Waals surface area contributed by atoms with Gasteiger partial charge in [-0.25, -0.2) is 4.98 Å². The number of nitro groups is 1. The standard InChI is InChI=1S/C13H14N4O4/c18-6-8-1-2-16(5-8)11-4-10-9(3-12(11)17(20)21)13(19)15-7-14-10/h3-4,7-8,18H,1-2,5-6H2,(H,14,15,19). The van der Waals surface area contributed by atoms with Crippen LogP contribution in [0.5, 0.6) is 0 Å². The van der Waals surface area contributed by atoms with Crippen molar-refractivity contribution < 1.29 is 10.0 Å². The monoisotopic (exact) mass is 290 g/mol. The van der Waals surface area contributed by atoms with E-state index in [9.17, 15) is 20.0 Å². The Hall–Kier alpha value is -2.48. The lowest BCUT2D eigenvalue weighted by Gasteiger charge is -2.18. The first-order valence-corrected chi connectivity index (χ1v) is 6.62. The number of hydrogen-bond acceptors (Lipinski definition) is 6. The van der Waals surface area contributed by atoms with Crippen molar-refractivity contribution in [3.8, 4) is 0 Å². The van der Waals surface area contributed by atoms with Gasteiger partial charge >= 0.3 is 0 Å². The van der Waals surface area contributed by atoms with E-state index in [1.165, 1.54) is 12.4 Å². The van der Waals surface area contributed by atoms with Gasteiger partial charge in [0.1, 0.15) is 5.69 Å². The molecule has 1 saturated heterocycles. The fraction of sp³-hybridized carbons (Fsp3) is 0.385. The molecule has 8 heteroatoms. The van der Waals surface area contributed by atoms with E-state index in [0.717, 1.165) is 6.42 Å². The maximum atomic E-state index is 11.7. The number of hydrogen-bond donors (Lipinski definition) is 2. The molecule has 1 atom stereocenters. The lowest BCUT2D eigenvalue weighted by atomic mass is 10.1. The lowest BCUT2D eigenvalue weighted by Crippen LogP contribution is -2.22. The zero-order valence-electron chi connectivity index (χ0n) is 11.2. The largest absolute Gasteiger partial charge is 0.396 e. The summed E-state index contributed by atoms with van der Waals surface area (Å²) in [4.78, 5) is 30.8. The first-order chi connectivity index (χ1) is 10.1. The Morgan fingerprint density at radius 3 is 3.00 bits per heavy atom. The predicted molar refractivity (Wildman–Crippen MR) is 76.4 cm³/mol. The van der Waals surface area contributed by atoms with Crippen molar-refractivity contribution in [2.24, 2.45) is 5.92 Å². The first-order valence-electron chi connectivity index (χ1n) is 6.62. The van der Waals surface area contributed by atoms with E-state index in [1.54, 1.807) is 6.07 Å². The third-order valence-electron chi connectivity index (χ3n) is 3.82. The van der Waals surface area contributed by atoms with Crippen LogP contribution in [0, 0.1) is 16.0 Å². The van der Waals surface area contributed by atoms with Crippen molar-refractivity contribution in [1.82, 2.24) is 9.97 Å². The molecule has 0 amide bonds. The van der Waals surface area contributed by atoms with E-state index in [2.05, 4.69) is 9.97 Å². The average Bonchev–Trinajstić information content (AvgIpc) is 2.95. The normalized spacial score (nSPS) is 18.3.